The summed E-state index contributed by atoms with van der Waals surface area (Å²) in [4.78, 5) is 11.7. The molecule has 1 aromatic rings. The van der Waals surface area contributed by atoms with E-state index in [2.05, 4.69) is 11.4 Å². The van der Waals surface area contributed by atoms with Crippen LogP contribution in [0.25, 0.3) is 0 Å². The van der Waals surface area contributed by atoms with Gasteiger partial charge in [-0.25, -0.2) is 0 Å². The number of nitrogens with one attached hydrogen (secondary N) is 1. The quantitative estimate of drug-likeness (QED) is 0.917. The highest BCUT2D eigenvalue weighted by molar-refractivity contribution is 6.42. The Morgan fingerprint density at radius 3 is 2.59 bits per heavy atom. The molecule has 0 unspecified atom stereocenters. The average Bonchev–Trinajstić information content (AvgIpc) is 2.30. The predicted octanol–water partition coefficient (Wildman–Crippen LogP) is 3.27. The molecule has 0 aliphatic carbocycles. The van der Waals surface area contributed by atoms with Crippen LogP contribution in [-0.4, -0.2) is 12.5 Å². The Bertz CT molecular complexity index is 478. The van der Waals surface area contributed by atoms with Gasteiger partial charge in [0.15, 0.2) is 0 Å². The van der Waals surface area contributed by atoms with Gasteiger partial charge in [0.05, 0.1) is 21.5 Å². The summed E-state index contributed by atoms with van der Waals surface area (Å²) in [7, 11) is 0. The maximum Gasteiger partial charge on any atom is 0.251 e. The Balaban J connectivity index is 2.72. The van der Waals surface area contributed by atoms with E-state index in [4.69, 9.17) is 28.5 Å². The van der Waals surface area contributed by atoms with Gasteiger partial charge in [0.2, 0.25) is 0 Å². The molecular formula is C12H12Cl2N2O. The molecule has 1 rings (SSSR count). The standard InChI is InChI=1S/C12H12Cl2N2O/c1-12(2,6-15)7-16-11(17)8-3-4-9(13)10(14)5-8/h3-5H,7H2,1-2H3,(H,16,17). The molecule has 5 heteroatoms. The highest BCUT2D eigenvalue weighted by Crippen LogP contribution is 2.22. The molecule has 0 aliphatic rings. The van der Waals surface area contributed by atoms with Gasteiger partial charge >= 0.3 is 0 Å². The molecule has 0 aromatic heterocycles. The van der Waals surface area contributed by atoms with Crippen molar-refractivity contribution < 1.29 is 4.79 Å². The van der Waals surface area contributed by atoms with Crippen molar-refractivity contribution in [2.45, 2.75) is 13.8 Å². The van der Waals surface area contributed by atoms with E-state index in [-0.39, 0.29) is 12.5 Å². The second-order valence-corrected chi connectivity index (χ2v) is 5.12. The first-order valence-corrected chi connectivity index (χ1v) is 5.76. The van der Waals surface area contributed by atoms with Gasteiger partial charge in [-0.1, -0.05) is 23.2 Å². The van der Waals surface area contributed by atoms with Gasteiger partial charge in [-0.2, -0.15) is 5.26 Å². The van der Waals surface area contributed by atoms with E-state index in [9.17, 15) is 4.79 Å². The topological polar surface area (TPSA) is 52.9 Å². The number of carbonyl (C=O) groups excluding carboxylic acids is 1. The summed E-state index contributed by atoms with van der Waals surface area (Å²) in [6.07, 6.45) is 0. The SMILES string of the molecule is CC(C)(C#N)CNC(=O)c1ccc(Cl)c(Cl)c1. The zero-order chi connectivity index (χ0) is 13.1. The minimum absolute atomic E-state index is 0.271. The van der Waals surface area contributed by atoms with E-state index in [1.165, 1.54) is 6.07 Å². The van der Waals surface area contributed by atoms with E-state index in [0.29, 0.717) is 15.6 Å². The molecule has 0 heterocycles. The molecule has 90 valence electrons. The van der Waals surface area contributed by atoms with Crippen molar-refractivity contribution in [3.05, 3.63) is 33.8 Å². The number of nitrogens with zero attached hydrogens (tertiary/aromatic N) is 1. The summed E-state index contributed by atoms with van der Waals surface area (Å²) < 4.78 is 0. The van der Waals surface area contributed by atoms with Crippen LogP contribution < -0.4 is 5.32 Å². The van der Waals surface area contributed by atoms with Crippen LogP contribution in [0, 0.1) is 16.7 Å². The van der Waals surface area contributed by atoms with Crippen molar-refractivity contribution >= 4 is 29.1 Å². The molecule has 0 fully saturated rings. The number of nitriles is 1. The van der Waals surface area contributed by atoms with Gasteiger partial charge in [-0.3, -0.25) is 4.79 Å². The van der Waals surface area contributed by atoms with E-state index in [1.807, 2.05) is 0 Å². The number of rotatable bonds is 3. The van der Waals surface area contributed by atoms with Crippen molar-refractivity contribution in [2.24, 2.45) is 5.41 Å². The first-order valence-electron chi connectivity index (χ1n) is 5.00. The maximum atomic E-state index is 11.7. The van der Waals surface area contributed by atoms with Crippen LogP contribution in [0.4, 0.5) is 0 Å². The lowest BCUT2D eigenvalue weighted by molar-refractivity contribution is 0.0944. The molecule has 0 aliphatic heterocycles. The summed E-state index contributed by atoms with van der Waals surface area (Å²) >= 11 is 11.6. The van der Waals surface area contributed by atoms with E-state index < -0.39 is 5.41 Å². The number of hydrogen-bond acceptors (Lipinski definition) is 2. The first-order chi connectivity index (χ1) is 7.85. The fourth-order valence-corrected chi connectivity index (χ4v) is 1.38. The second-order valence-electron chi connectivity index (χ2n) is 4.31. The van der Waals surface area contributed by atoms with Crippen LogP contribution >= 0.6 is 23.2 Å². The van der Waals surface area contributed by atoms with Gasteiger partial charge in [-0.15, -0.1) is 0 Å². The summed E-state index contributed by atoms with van der Waals surface area (Å²) in [5.74, 6) is -0.271. The number of halogens is 2. The minimum atomic E-state index is -0.591. The molecule has 3 nitrogen and oxygen atoms in total. The molecule has 0 saturated heterocycles. The van der Waals surface area contributed by atoms with Crippen LogP contribution in [-0.2, 0) is 0 Å². The Labute approximate surface area is 110 Å². The van der Waals surface area contributed by atoms with Gasteiger partial charge < -0.3 is 5.32 Å². The summed E-state index contributed by atoms with van der Waals surface area (Å²) in [5, 5.41) is 12.2. The van der Waals surface area contributed by atoms with Gasteiger partial charge in [0.25, 0.3) is 5.91 Å². The molecule has 1 N–H and O–H groups in total. The Morgan fingerprint density at radius 2 is 2.06 bits per heavy atom. The van der Waals surface area contributed by atoms with Crippen LogP contribution in [0.2, 0.25) is 10.0 Å². The smallest absolute Gasteiger partial charge is 0.251 e. The van der Waals surface area contributed by atoms with E-state index in [0.717, 1.165) is 0 Å². The third-order valence-electron chi connectivity index (χ3n) is 2.18. The van der Waals surface area contributed by atoms with Crippen molar-refractivity contribution in [2.75, 3.05) is 6.54 Å². The van der Waals surface area contributed by atoms with Crippen molar-refractivity contribution in [1.29, 1.82) is 5.26 Å². The Hall–Kier alpha value is -1.24. The number of carbonyl (C=O) groups is 1. The van der Waals surface area contributed by atoms with Gasteiger partial charge in [0, 0.05) is 12.1 Å². The number of benzene rings is 1. The molecule has 1 amide bonds. The van der Waals surface area contributed by atoms with Crippen LogP contribution in [0.5, 0.6) is 0 Å². The van der Waals surface area contributed by atoms with Gasteiger partial charge in [-0.05, 0) is 32.0 Å². The molecule has 0 saturated carbocycles. The lowest BCUT2D eigenvalue weighted by atomic mass is 9.96. The Morgan fingerprint density at radius 1 is 1.41 bits per heavy atom. The third-order valence-corrected chi connectivity index (χ3v) is 2.91. The lowest BCUT2D eigenvalue weighted by Crippen LogP contribution is -2.33. The van der Waals surface area contributed by atoms with Crippen LogP contribution in [0.3, 0.4) is 0 Å². The first kappa shape index (κ1) is 13.8. The summed E-state index contributed by atoms with van der Waals surface area (Å²) in [6.45, 7) is 3.78. The zero-order valence-electron chi connectivity index (χ0n) is 9.55. The van der Waals surface area contributed by atoms with Crippen molar-refractivity contribution in [3.63, 3.8) is 0 Å². The fourth-order valence-electron chi connectivity index (χ4n) is 1.08. The normalized spacial score (nSPS) is 10.8. The average molecular weight is 271 g/mol. The maximum absolute atomic E-state index is 11.7. The summed E-state index contributed by atoms with van der Waals surface area (Å²) in [6, 6.07) is 6.76. The molecular weight excluding hydrogens is 259 g/mol. The third kappa shape index (κ3) is 3.92. The molecule has 1 aromatic carbocycles. The predicted molar refractivity (Wildman–Crippen MR) is 68.2 cm³/mol. The second kappa shape index (κ2) is 5.39. The van der Waals surface area contributed by atoms with Crippen molar-refractivity contribution in [1.82, 2.24) is 5.32 Å². The van der Waals surface area contributed by atoms with Gasteiger partial charge in [0.1, 0.15) is 0 Å². The lowest BCUT2D eigenvalue weighted by Gasteiger charge is -2.15. The Kier molecular flexibility index (Phi) is 4.39. The zero-order valence-corrected chi connectivity index (χ0v) is 11.1. The molecule has 0 spiro atoms. The van der Waals surface area contributed by atoms with Crippen LogP contribution in [0.1, 0.15) is 24.2 Å². The molecule has 0 bridgehead atoms. The molecule has 17 heavy (non-hydrogen) atoms. The fraction of sp³-hybridized carbons (Fsp3) is 0.333. The monoisotopic (exact) mass is 270 g/mol. The molecule has 0 radical (unpaired) electrons. The minimum Gasteiger partial charge on any atom is -0.350 e. The largest absolute Gasteiger partial charge is 0.350 e. The highest BCUT2D eigenvalue weighted by atomic mass is 35.5. The van der Waals surface area contributed by atoms with E-state index >= 15 is 0 Å². The van der Waals surface area contributed by atoms with Crippen molar-refractivity contribution in [3.8, 4) is 6.07 Å². The number of amides is 1. The van der Waals surface area contributed by atoms with Crippen LogP contribution in [0.15, 0.2) is 18.2 Å². The van der Waals surface area contributed by atoms with E-state index in [1.54, 1.807) is 26.0 Å². The summed E-state index contributed by atoms with van der Waals surface area (Å²) in [5.41, 5.74) is -0.167. The molecule has 0 atom stereocenters. The number of hydrogen-bond donors (Lipinski definition) is 1. The highest BCUT2D eigenvalue weighted by Gasteiger charge is 2.18.